The molecule has 4 unspecified atom stereocenters. The molecule has 0 spiro atoms. The smallest absolute Gasteiger partial charge is 0.159 e. The number of aliphatic hydroxyl groups is 2. The Kier molecular flexibility index (Phi) is 3.73. The van der Waals surface area contributed by atoms with Crippen LogP contribution in [0.5, 0.6) is 0 Å². The predicted octanol–water partition coefficient (Wildman–Crippen LogP) is -0.0760. The maximum absolute atomic E-state index is 9.83. The average molecular weight is 246 g/mol. The number of aliphatic hydroxyl groups excluding tert-OH is 2. The van der Waals surface area contributed by atoms with Gasteiger partial charge in [0.1, 0.15) is 11.5 Å². The number of thioether (sulfide) groups is 1. The van der Waals surface area contributed by atoms with Crippen molar-refractivity contribution in [3.05, 3.63) is 0 Å². The van der Waals surface area contributed by atoms with Crippen LogP contribution in [0, 0.1) is 0 Å². The fourth-order valence-electron chi connectivity index (χ4n) is 2.05. The highest BCUT2D eigenvalue weighted by Crippen LogP contribution is 2.34. The molecule has 6 heteroatoms. The molecule has 92 valence electrons. The van der Waals surface area contributed by atoms with Gasteiger partial charge >= 0.3 is 0 Å². The van der Waals surface area contributed by atoms with Crippen LogP contribution < -0.4 is 5.32 Å². The van der Waals surface area contributed by atoms with E-state index in [1.54, 1.807) is 6.92 Å². The third kappa shape index (κ3) is 2.34. The van der Waals surface area contributed by atoms with Crippen molar-refractivity contribution >= 4 is 16.9 Å². The molecule has 0 saturated carbocycles. The number of nitrogens with zero attached hydrogens (tertiary/aromatic N) is 1. The van der Waals surface area contributed by atoms with Gasteiger partial charge in [0.25, 0.3) is 0 Å². The number of amidine groups is 1. The van der Waals surface area contributed by atoms with Gasteiger partial charge in [-0.3, -0.25) is 4.99 Å². The van der Waals surface area contributed by atoms with Crippen LogP contribution in [0.25, 0.3) is 0 Å². The van der Waals surface area contributed by atoms with Crippen LogP contribution >= 0.6 is 11.8 Å². The summed E-state index contributed by atoms with van der Waals surface area (Å²) in [4.78, 5) is 4.29. The summed E-state index contributed by atoms with van der Waals surface area (Å²) in [5.74, 6) is 0. The van der Waals surface area contributed by atoms with Crippen LogP contribution in [0.2, 0.25) is 0 Å². The monoisotopic (exact) mass is 246 g/mol. The van der Waals surface area contributed by atoms with Crippen LogP contribution in [0.15, 0.2) is 4.99 Å². The molecule has 2 heterocycles. The molecule has 0 aromatic carbocycles. The number of ether oxygens (including phenoxy) is 1. The molecule has 16 heavy (non-hydrogen) atoms. The fraction of sp³-hybridized carbons (Fsp3) is 0.900. The number of hydrogen-bond donors (Lipinski definition) is 3. The molecule has 5 atom stereocenters. The van der Waals surface area contributed by atoms with Gasteiger partial charge in [0, 0.05) is 6.54 Å². The number of nitrogens with one attached hydrogen (secondary N) is 1. The first-order valence-corrected chi connectivity index (χ1v) is 6.49. The van der Waals surface area contributed by atoms with Crippen molar-refractivity contribution < 1.29 is 14.9 Å². The molecule has 2 saturated heterocycles. The largest absolute Gasteiger partial charge is 0.391 e. The van der Waals surface area contributed by atoms with Gasteiger partial charge in [0.15, 0.2) is 5.17 Å². The normalized spacial score (nSPS) is 42.9. The Labute approximate surface area is 99.3 Å². The lowest BCUT2D eigenvalue weighted by Crippen LogP contribution is -2.51. The highest BCUT2D eigenvalue weighted by Gasteiger charge is 2.44. The van der Waals surface area contributed by atoms with Crippen molar-refractivity contribution in [1.29, 1.82) is 0 Å². The van der Waals surface area contributed by atoms with E-state index in [-0.39, 0.29) is 11.5 Å². The van der Waals surface area contributed by atoms with Gasteiger partial charge in [0.2, 0.25) is 0 Å². The molecule has 2 rings (SSSR count). The lowest BCUT2D eigenvalue weighted by molar-refractivity contribution is -0.138. The Morgan fingerprint density at radius 2 is 2.44 bits per heavy atom. The first-order chi connectivity index (χ1) is 7.61. The van der Waals surface area contributed by atoms with Crippen LogP contribution in [0.4, 0.5) is 0 Å². The van der Waals surface area contributed by atoms with Crippen LogP contribution in [-0.2, 0) is 4.74 Å². The molecule has 3 N–H and O–H groups in total. The van der Waals surface area contributed by atoms with Crippen molar-refractivity contribution in [2.24, 2.45) is 4.99 Å². The van der Waals surface area contributed by atoms with Crippen LogP contribution in [-0.4, -0.2) is 51.7 Å². The zero-order valence-corrected chi connectivity index (χ0v) is 10.3. The molecule has 0 aromatic heterocycles. The summed E-state index contributed by atoms with van der Waals surface area (Å²) in [6.45, 7) is 4.35. The molecule has 2 aliphatic rings. The van der Waals surface area contributed by atoms with Crippen molar-refractivity contribution in [2.45, 2.75) is 50.1 Å². The Morgan fingerprint density at radius 1 is 1.69 bits per heavy atom. The fourth-order valence-corrected chi connectivity index (χ4v) is 3.22. The maximum atomic E-state index is 9.83. The van der Waals surface area contributed by atoms with Gasteiger partial charge in [-0.25, -0.2) is 0 Å². The van der Waals surface area contributed by atoms with E-state index < -0.39 is 18.3 Å². The Hall–Kier alpha value is -0.300. The zero-order chi connectivity index (χ0) is 11.7. The standard InChI is InChI=1S/C10H18N2O3S/c1-3-11-10-12-6-4-7(14)8(5(2)13)15-9(6)16-10/h5-9,13-14H,3-4H2,1-2H3,(H,11,12)/t5-,6?,7?,8?,9?/m0/s1. The number of fused-ring (bicyclic) bond motifs is 1. The average Bonchev–Trinajstić information content (AvgIpc) is 2.58. The highest BCUT2D eigenvalue weighted by molar-refractivity contribution is 8.14. The first kappa shape index (κ1) is 12.2. The van der Waals surface area contributed by atoms with E-state index in [9.17, 15) is 10.2 Å². The molecule has 5 nitrogen and oxygen atoms in total. The minimum Gasteiger partial charge on any atom is -0.391 e. The summed E-state index contributed by atoms with van der Waals surface area (Å²) in [6, 6.07) is 0.0975. The summed E-state index contributed by atoms with van der Waals surface area (Å²) in [7, 11) is 0. The molecule has 0 radical (unpaired) electrons. The molecule has 2 fully saturated rings. The number of hydrogen-bond acceptors (Lipinski definition) is 5. The summed E-state index contributed by atoms with van der Waals surface area (Å²) >= 11 is 1.54. The van der Waals surface area contributed by atoms with Crippen LogP contribution in [0.1, 0.15) is 20.3 Å². The highest BCUT2D eigenvalue weighted by atomic mass is 32.2. The van der Waals surface area contributed by atoms with Crippen molar-refractivity contribution in [1.82, 2.24) is 5.32 Å². The number of rotatable bonds is 2. The maximum Gasteiger partial charge on any atom is 0.159 e. The van der Waals surface area contributed by atoms with E-state index in [0.29, 0.717) is 6.42 Å². The third-order valence-corrected chi connectivity index (χ3v) is 3.95. The second-order valence-electron chi connectivity index (χ2n) is 4.16. The third-order valence-electron chi connectivity index (χ3n) is 2.81. The minimum atomic E-state index is -0.649. The van der Waals surface area contributed by atoms with Crippen molar-refractivity contribution in [2.75, 3.05) is 6.54 Å². The lowest BCUT2D eigenvalue weighted by Gasteiger charge is -2.36. The number of aliphatic imine (C=N–C) groups is 1. The molecular formula is C10H18N2O3S. The summed E-state index contributed by atoms with van der Waals surface area (Å²) in [5, 5.41) is 23.4. The Bertz CT molecular complexity index is 285. The molecule has 2 aliphatic heterocycles. The van der Waals surface area contributed by atoms with Gasteiger partial charge < -0.3 is 20.3 Å². The minimum absolute atomic E-state index is 0.0479. The molecule has 0 bridgehead atoms. The van der Waals surface area contributed by atoms with Gasteiger partial charge in [0.05, 0.1) is 18.2 Å². The van der Waals surface area contributed by atoms with E-state index in [4.69, 9.17) is 4.74 Å². The summed E-state index contributed by atoms with van der Waals surface area (Å²) in [5.41, 5.74) is -0.0479. The molecule has 0 aromatic rings. The van der Waals surface area contributed by atoms with Gasteiger partial charge in [-0.05, 0) is 20.3 Å². The van der Waals surface area contributed by atoms with Gasteiger partial charge in [-0.15, -0.1) is 0 Å². The van der Waals surface area contributed by atoms with E-state index in [1.807, 2.05) is 6.92 Å². The van der Waals surface area contributed by atoms with E-state index in [2.05, 4.69) is 10.3 Å². The summed E-state index contributed by atoms with van der Waals surface area (Å²) < 4.78 is 5.68. The Morgan fingerprint density at radius 3 is 3.06 bits per heavy atom. The van der Waals surface area contributed by atoms with E-state index in [0.717, 1.165) is 11.7 Å². The Balaban J connectivity index is 2.02. The predicted molar refractivity (Wildman–Crippen MR) is 63.5 cm³/mol. The molecule has 0 aliphatic carbocycles. The summed E-state index contributed by atoms with van der Waals surface area (Å²) in [6.07, 6.45) is -1.16. The second-order valence-corrected chi connectivity index (χ2v) is 5.25. The molecular weight excluding hydrogens is 228 g/mol. The second kappa shape index (κ2) is 4.91. The zero-order valence-electron chi connectivity index (χ0n) is 9.46. The first-order valence-electron chi connectivity index (χ1n) is 5.61. The van der Waals surface area contributed by atoms with E-state index >= 15 is 0 Å². The molecule has 0 amide bonds. The topological polar surface area (TPSA) is 74.1 Å². The van der Waals surface area contributed by atoms with Gasteiger partial charge in [-0.2, -0.15) is 0 Å². The van der Waals surface area contributed by atoms with Crippen molar-refractivity contribution in [3.63, 3.8) is 0 Å². The van der Waals surface area contributed by atoms with Crippen LogP contribution in [0.3, 0.4) is 0 Å². The quantitative estimate of drug-likeness (QED) is 0.636. The SMILES string of the molecule is CCN=C1NC2CC(O)C([C@H](C)O)OC2S1. The van der Waals surface area contributed by atoms with Crippen molar-refractivity contribution in [3.8, 4) is 0 Å². The lowest BCUT2D eigenvalue weighted by atomic mass is 9.98. The van der Waals surface area contributed by atoms with Gasteiger partial charge in [-0.1, -0.05) is 11.8 Å². The van der Waals surface area contributed by atoms with E-state index in [1.165, 1.54) is 11.8 Å².